The molecule has 5 nitrogen and oxygen atoms in total. The molecule has 1 aromatic heterocycles. The van der Waals surface area contributed by atoms with Gasteiger partial charge in [-0.2, -0.15) is 4.98 Å². The van der Waals surface area contributed by atoms with Crippen LogP contribution in [0.15, 0.2) is 48.5 Å². The first-order chi connectivity index (χ1) is 12.0. The number of anilines is 4. The van der Waals surface area contributed by atoms with Crippen molar-refractivity contribution in [3.05, 3.63) is 65.1 Å². The van der Waals surface area contributed by atoms with Crippen molar-refractivity contribution >= 4 is 34.7 Å². The fraction of sp³-hybridized carbons (Fsp3) is 0.111. The summed E-state index contributed by atoms with van der Waals surface area (Å²) >= 11 is 6.13. The summed E-state index contributed by atoms with van der Waals surface area (Å²) in [6.07, 6.45) is 0. The molecule has 1 heterocycles. The number of nitrogens with one attached hydrogen (secondary N) is 2. The predicted octanol–water partition coefficient (Wildman–Crippen LogP) is 5.07. The van der Waals surface area contributed by atoms with Crippen LogP contribution in [-0.2, 0) is 0 Å². The number of aryl methyl sites for hydroxylation is 1. The van der Waals surface area contributed by atoms with Crippen molar-refractivity contribution < 1.29 is 9.13 Å². The fourth-order valence-electron chi connectivity index (χ4n) is 2.24. The van der Waals surface area contributed by atoms with Gasteiger partial charge in [0.25, 0.3) is 0 Å². The highest BCUT2D eigenvalue weighted by atomic mass is 35.5. The minimum Gasteiger partial charge on any atom is -0.495 e. The molecule has 2 aromatic carbocycles. The van der Waals surface area contributed by atoms with E-state index in [1.807, 2.05) is 13.0 Å². The number of rotatable bonds is 5. The van der Waals surface area contributed by atoms with Gasteiger partial charge in [-0.1, -0.05) is 11.6 Å². The van der Waals surface area contributed by atoms with Gasteiger partial charge in [0.15, 0.2) is 0 Å². The number of halogens is 2. The van der Waals surface area contributed by atoms with Crippen molar-refractivity contribution in [3.8, 4) is 5.75 Å². The monoisotopic (exact) mass is 358 g/mol. The SMILES string of the molecule is COc1ccc(Nc2nc(C)cc(Nc3ccc(F)cc3)n2)cc1Cl. The van der Waals surface area contributed by atoms with E-state index in [0.29, 0.717) is 22.5 Å². The van der Waals surface area contributed by atoms with Gasteiger partial charge in [-0.3, -0.25) is 0 Å². The molecule has 2 N–H and O–H groups in total. The number of methoxy groups -OCH3 is 1. The number of nitrogens with zero attached hydrogens (tertiary/aromatic N) is 2. The first-order valence-corrected chi connectivity index (χ1v) is 7.90. The Morgan fingerprint density at radius 3 is 2.36 bits per heavy atom. The summed E-state index contributed by atoms with van der Waals surface area (Å²) in [5.41, 5.74) is 2.25. The molecular formula is C18H16ClFN4O. The molecular weight excluding hydrogens is 343 g/mol. The lowest BCUT2D eigenvalue weighted by molar-refractivity contribution is 0.415. The van der Waals surface area contributed by atoms with E-state index in [4.69, 9.17) is 16.3 Å². The smallest absolute Gasteiger partial charge is 0.229 e. The van der Waals surface area contributed by atoms with Crippen molar-refractivity contribution in [1.29, 1.82) is 0 Å². The second kappa shape index (κ2) is 7.36. The van der Waals surface area contributed by atoms with Crippen LogP contribution in [0.1, 0.15) is 5.69 Å². The van der Waals surface area contributed by atoms with Crippen molar-refractivity contribution in [3.63, 3.8) is 0 Å². The predicted molar refractivity (Wildman–Crippen MR) is 97.7 cm³/mol. The molecule has 3 aromatic rings. The van der Waals surface area contributed by atoms with Crippen LogP contribution in [0.3, 0.4) is 0 Å². The van der Waals surface area contributed by atoms with Crippen LogP contribution in [0.2, 0.25) is 5.02 Å². The molecule has 7 heteroatoms. The molecule has 0 amide bonds. The average molecular weight is 359 g/mol. The summed E-state index contributed by atoms with van der Waals surface area (Å²) in [5, 5.41) is 6.72. The summed E-state index contributed by atoms with van der Waals surface area (Å²) in [6, 6.07) is 13.2. The van der Waals surface area contributed by atoms with Gasteiger partial charge in [0.05, 0.1) is 12.1 Å². The van der Waals surface area contributed by atoms with Crippen LogP contribution in [0.5, 0.6) is 5.75 Å². The van der Waals surface area contributed by atoms with Crippen molar-refractivity contribution in [2.45, 2.75) is 6.92 Å². The molecule has 0 saturated heterocycles. The van der Waals surface area contributed by atoms with E-state index >= 15 is 0 Å². The number of benzene rings is 2. The maximum Gasteiger partial charge on any atom is 0.229 e. The lowest BCUT2D eigenvalue weighted by Gasteiger charge is -2.11. The van der Waals surface area contributed by atoms with Gasteiger partial charge in [-0.15, -0.1) is 0 Å². The van der Waals surface area contributed by atoms with Crippen LogP contribution in [0.25, 0.3) is 0 Å². The van der Waals surface area contributed by atoms with Crippen LogP contribution in [0, 0.1) is 12.7 Å². The molecule has 0 spiro atoms. The highest BCUT2D eigenvalue weighted by Gasteiger charge is 2.06. The van der Waals surface area contributed by atoms with E-state index in [0.717, 1.165) is 17.1 Å². The molecule has 0 saturated carbocycles. The average Bonchev–Trinajstić information content (AvgIpc) is 2.57. The van der Waals surface area contributed by atoms with Crippen molar-refractivity contribution in [2.24, 2.45) is 0 Å². The number of aromatic nitrogens is 2. The summed E-state index contributed by atoms with van der Waals surface area (Å²) in [5.74, 6) is 1.33. The van der Waals surface area contributed by atoms with E-state index < -0.39 is 0 Å². The van der Waals surface area contributed by atoms with Gasteiger partial charge in [-0.05, 0) is 49.4 Å². The standard InChI is InChI=1S/C18H16ClFN4O/c1-11-9-17(22-13-5-3-12(20)4-6-13)24-18(21-11)23-14-7-8-16(25-2)15(19)10-14/h3-10H,1-2H3,(H2,21,22,23,24). The van der Waals surface area contributed by atoms with E-state index in [2.05, 4.69) is 20.6 Å². The largest absolute Gasteiger partial charge is 0.495 e. The Balaban J connectivity index is 1.81. The summed E-state index contributed by atoms with van der Waals surface area (Å²) in [6.45, 7) is 1.86. The van der Waals surface area contributed by atoms with Crippen molar-refractivity contribution in [2.75, 3.05) is 17.7 Å². The Morgan fingerprint density at radius 2 is 1.68 bits per heavy atom. The molecule has 0 bridgehead atoms. The third kappa shape index (κ3) is 4.36. The highest BCUT2D eigenvalue weighted by Crippen LogP contribution is 2.28. The van der Waals surface area contributed by atoms with Crippen molar-refractivity contribution in [1.82, 2.24) is 9.97 Å². The highest BCUT2D eigenvalue weighted by molar-refractivity contribution is 6.32. The number of ether oxygens (including phenoxy) is 1. The Labute approximate surface area is 149 Å². The molecule has 0 atom stereocenters. The second-order valence-corrected chi connectivity index (χ2v) is 5.73. The Morgan fingerprint density at radius 1 is 0.960 bits per heavy atom. The zero-order valence-corrected chi connectivity index (χ0v) is 14.4. The topological polar surface area (TPSA) is 59.1 Å². The summed E-state index contributed by atoms with van der Waals surface area (Å²) < 4.78 is 18.1. The zero-order valence-electron chi connectivity index (χ0n) is 13.7. The lowest BCUT2D eigenvalue weighted by Crippen LogP contribution is -2.02. The summed E-state index contributed by atoms with van der Waals surface area (Å²) in [4.78, 5) is 8.78. The molecule has 128 valence electrons. The first kappa shape index (κ1) is 17.0. The molecule has 0 radical (unpaired) electrons. The molecule has 25 heavy (non-hydrogen) atoms. The van der Waals surface area contributed by atoms with E-state index in [1.54, 1.807) is 37.4 Å². The van der Waals surface area contributed by atoms with Gasteiger partial charge in [0, 0.05) is 23.1 Å². The van der Waals surface area contributed by atoms with E-state index in [9.17, 15) is 4.39 Å². The van der Waals surface area contributed by atoms with Crippen LogP contribution in [-0.4, -0.2) is 17.1 Å². The summed E-state index contributed by atoms with van der Waals surface area (Å²) in [7, 11) is 1.56. The quantitative estimate of drug-likeness (QED) is 0.666. The third-order valence-electron chi connectivity index (χ3n) is 3.38. The molecule has 0 fully saturated rings. The van der Waals surface area contributed by atoms with Gasteiger partial charge in [-0.25, -0.2) is 9.37 Å². The maximum absolute atomic E-state index is 13.0. The number of hydrogen-bond acceptors (Lipinski definition) is 5. The Hall–Kier alpha value is -2.86. The lowest BCUT2D eigenvalue weighted by atomic mass is 10.3. The molecule has 0 aliphatic rings. The maximum atomic E-state index is 13.0. The van der Waals surface area contributed by atoms with E-state index in [1.165, 1.54) is 12.1 Å². The van der Waals surface area contributed by atoms with Gasteiger partial charge in [0.1, 0.15) is 17.4 Å². The molecule has 0 unspecified atom stereocenters. The minimum absolute atomic E-state index is 0.289. The first-order valence-electron chi connectivity index (χ1n) is 7.52. The fourth-order valence-corrected chi connectivity index (χ4v) is 2.50. The van der Waals surface area contributed by atoms with Gasteiger partial charge >= 0.3 is 0 Å². The normalized spacial score (nSPS) is 10.4. The third-order valence-corrected chi connectivity index (χ3v) is 3.67. The Bertz CT molecular complexity index is 887. The van der Waals surface area contributed by atoms with Gasteiger partial charge < -0.3 is 15.4 Å². The number of hydrogen-bond donors (Lipinski definition) is 2. The van der Waals surface area contributed by atoms with Crippen LogP contribution in [0.4, 0.5) is 27.5 Å². The molecule has 0 aliphatic carbocycles. The molecule has 0 aliphatic heterocycles. The minimum atomic E-state index is -0.289. The second-order valence-electron chi connectivity index (χ2n) is 5.32. The van der Waals surface area contributed by atoms with Crippen LogP contribution < -0.4 is 15.4 Å². The molecule has 3 rings (SSSR count). The van der Waals surface area contributed by atoms with E-state index in [-0.39, 0.29) is 5.82 Å². The zero-order chi connectivity index (χ0) is 17.8. The van der Waals surface area contributed by atoms with Crippen LogP contribution >= 0.6 is 11.6 Å². The van der Waals surface area contributed by atoms with Gasteiger partial charge in [0.2, 0.25) is 5.95 Å². The Kier molecular flexibility index (Phi) is 5.00.